The Kier molecular flexibility index (Phi) is 5.16. The van der Waals surface area contributed by atoms with E-state index in [9.17, 15) is 4.79 Å². The van der Waals surface area contributed by atoms with Gasteiger partial charge in [-0.05, 0) is 46.0 Å². The zero-order valence-corrected chi connectivity index (χ0v) is 12.3. The molecule has 1 aromatic rings. The maximum Gasteiger partial charge on any atom is 0.251 e. The molecule has 0 spiro atoms. The molecule has 1 amide bonds. The van der Waals surface area contributed by atoms with E-state index in [-0.39, 0.29) is 17.9 Å². The maximum atomic E-state index is 11.9. The van der Waals surface area contributed by atoms with Gasteiger partial charge >= 0.3 is 0 Å². The number of carbonyl (C=O) groups is 1. The molecule has 0 bridgehead atoms. The normalized spacial score (nSPS) is 11.3. The number of aliphatic hydroxyl groups is 1. The lowest BCUT2D eigenvalue weighted by Crippen LogP contribution is -2.34. The van der Waals surface area contributed by atoms with E-state index in [1.54, 1.807) is 18.2 Å². The third-order valence-electron chi connectivity index (χ3n) is 2.78. The van der Waals surface area contributed by atoms with E-state index < -0.39 is 0 Å². The zero-order chi connectivity index (χ0) is 13.8. The first-order valence-corrected chi connectivity index (χ1v) is 6.59. The number of nitrogens with two attached hydrogens (primary N) is 1. The largest absolute Gasteiger partial charge is 0.398 e. The molecule has 0 saturated carbocycles. The predicted octanol–water partition coefficient (Wildman–Crippen LogP) is 2.17. The maximum absolute atomic E-state index is 11.9. The molecule has 5 heteroatoms. The number of halogens is 1. The number of nitrogens with one attached hydrogen (secondary N) is 1. The van der Waals surface area contributed by atoms with E-state index in [1.165, 1.54) is 0 Å². The second-order valence-electron chi connectivity index (χ2n) is 5.06. The molecular weight excluding hydrogens is 296 g/mol. The van der Waals surface area contributed by atoms with Crippen molar-refractivity contribution in [2.24, 2.45) is 5.41 Å². The van der Waals surface area contributed by atoms with Crippen LogP contribution in [0.15, 0.2) is 22.7 Å². The summed E-state index contributed by atoms with van der Waals surface area (Å²) in [4.78, 5) is 11.9. The third-order valence-corrected chi connectivity index (χ3v) is 3.47. The molecule has 0 saturated heterocycles. The number of amides is 1. The van der Waals surface area contributed by atoms with E-state index in [4.69, 9.17) is 10.8 Å². The predicted molar refractivity (Wildman–Crippen MR) is 76.4 cm³/mol. The van der Waals surface area contributed by atoms with Crippen LogP contribution in [-0.2, 0) is 0 Å². The number of aliphatic hydroxyl groups excluding tert-OH is 1. The Morgan fingerprint density at radius 3 is 2.72 bits per heavy atom. The van der Waals surface area contributed by atoms with Gasteiger partial charge in [-0.2, -0.15) is 0 Å². The zero-order valence-electron chi connectivity index (χ0n) is 10.7. The van der Waals surface area contributed by atoms with E-state index in [1.807, 2.05) is 13.8 Å². The molecule has 0 atom stereocenters. The molecule has 1 rings (SSSR count). The lowest BCUT2D eigenvalue weighted by atomic mass is 9.89. The summed E-state index contributed by atoms with van der Waals surface area (Å²) in [6.07, 6.45) is 0.652. The summed E-state index contributed by atoms with van der Waals surface area (Å²) in [5.74, 6) is -0.137. The second kappa shape index (κ2) is 6.20. The van der Waals surface area contributed by atoms with Crippen LogP contribution in [0.1, 0.15) is 30.6 Å². The van der Waals surface area contributed by atoms with Crippen molar-refractivity contribution in [3.05, 3.63) is 28.2 Å². The quantitative estimate of drug-likeness (QED) is 0.729. The summed E-state index contributed by atoms with van der Waals surface area (Å²) >= 11 is 3.29. The van der Waals surface area contributed by atoms with Crippen LogP contribution < -0.4 is 11.1 Å². The van der Waals surface area contributed by atoms with Crippen LogP contribution in [0.4, 0.5) is 5.69 Å². The van der Waals surface area contributed by atoms with Gasteiger partial charge in [0.05, 0.1) is 0 Å². The van der Waals surface area contributed by atoms with Gasteiger partial charge < -0.3 is 16.2 Å². The fourth-order valence-corrected chi connectivity index (χ4v) is 1.86. The van der Waals surface area contributed by atoms with Crippen molar-refractivity contribution in [3.63, 3.8) is 0 Å². The average Bonchev–Trinajstić information content (AvgIpc) is 2.30. The number of benzene rings is 1. The Labute approximate surface area is 116 Å². The number of hydrogen-bond acceptors (Lipinski definition) is 3. The van der Waals surface area contributed by atoms with Gasteiger partial charge in [0.2, 0.25) is 0 Å². The minimum absolute atomic E-state index is 0.116. The first-order chi connectivity index (χ1) is 8.35. The van der Waals surface area contributed by atoms with Crippen molar-refractivity contribution in [2.75, 3.05) is 18.9 Å². The first-order valence-electron chi connectivity index (χ1n) is 5.80. The molecule has 0 aliphatic heterocycles. The average molecular weight is 315 g/mol. The monoisotopic (exact) mass is 314 g/mol. The molecule has 0 aliphatic rings. The molecule has 0 aromatic heterocycles. The minimum atomic E-state index is -0.137. The summed E-state index contributed by atoms with van der Waals surface area (Å²) in [6.45, 7) is 4.65. The second-order valence-corrected chi connectivity index (χ2v) is 5.91. The van der Waals surface area contributed by atoms with Crippen LogP contribution in [0.2, 0.25) is 0 Å². The molecule has 4 N–H and O–H groups in total. The van der Waals surface area contributed by atoms with Crippen LogP contribution in [0.25, 0.3) is 0 Å². The Hall–Kier alpha value is -1.07. The highest BCUT2D eigenvalue weighted by molar-refractivity contribution is 9.10. The summed E-state index contributed by atoms with van der Waals surface area (Å²) in [7, 11) is 0. The lowest BCUT2D eigenvalue weighted by Gasteiger charge is -2.23. The van der Waals surface area contributed by atoms with Crippen molar-refractivity contribution in [1.29, 1.82) is 0 Å². The molecule has 0 unspecified atom stereocenters. The van der Waals surface area contributed by atoms with E-state index >= 15 is 0 Å². The number of nitrogen functional groups attached to an aromatic ring is 1. The minimum Gasteiger partial charge on any atom is -0.398 e. The number of anilines is 1. The summed E-state index contributed by atoms with van der Waals surface area (Å²) in [5, 5.41) is 11.8. The molecule has 0 fully saturated rings. The van der Waals surface area contributed by atoms with Gasteiger partial charge in [-0.15, -0.1) is 0 Å². The van der Waals surface area contributed by atoms with E-state index in [2.05, 4.69) is 21.2 Å². The Balaban J connectivity index is 2.63. The van der Waals surface area contributed by atoms with Gasteiger partial charge in [-0.1, -0.05) is 13.8 Å². The van der Waals surface area contributed by atoms with E-state index in [0.29, 0.717) is 28.7 Å². The molecule has 0 aliphatic carbocycles. The van der Waals surface area contributed by atoms with Gasteiger partial charge in [0, 0.05) is 28.9 Å². The van der Waals surface area contributed by atoms with E-state index in [0.717, 1.165) is 0 Å². The van der Waals surface area contributed by atoms with Crippen LogP contribution in [-0.4, -0.2) is 24.2 Å². The summed E-state index contributed by atoms with van der Waals surface area (Å²) in [5.41, 5.74) is 6.72. The Morgan fingerprint density at radius 1 is 1.50 bits per heavy atom. The van der Waals surface area contributed by atoms with Gasteiger partial charge in [-0.3, -0.25) is 4.79 Å². The number of carbonyl (C=O) groups excluding carboxylic acids is 1. The van der Waals surface area contributed by atoms with Crippen LogP contribution in [0.5, 0.6) is 0 Å². The number of hydrogen-bond donors (Lipinski definition) is 3. The highest BCUT2D eigenvalue weighted by atomic mass is 79.9. The van der Waals surface area contributed by atoms with Gasteiger partial charge in [0.15, 0.2) is 0 Å². The van der Waals surface area contributed by atoms with Crippen LogP contribution in [0.3, 0.4) is 0 Å². The fraction of sp³-hybridized carbons (Fsp3) is 0.462. The van der Waals surface area contributed by atoms with Crippen molar-refractivity contribution >= 4 is 27.5 Å². The van der Waals surface area contributed by atoms with Crippen molar-refractivity contribution in [3.8, 4) is 0 Å². The highest BCUT2D eigenvalue weighted by Crippen LogP contribution is 2.21. The number of rotatable bonds is 5. The summed E-state index contributed by atoms with van der Waals surface area (Å²) in [6, 6.07) is 5.08. The molecule has 18 heavy (non-hydrogen) atoms. The molecular formula is C13H19BrN2O2. The van der Waals surface area contributed by atoms with Gasteiger partial charge in [0.1, 0.15) is 0 Å². The topological polar surface area (TPSA) is 75.3 Å². The third kappa shape index (κ3) is 4.31. The van der Waals surface area contributed by atoms with Crippen molar-refractivity contribution in [2.45, 2.75) is 20.3 Å². The molecule has 4 nitrogen and oxygen atoms in total. The first kappa shape index (κ1) is 15.0. The van der Waals surface area contributed by atoms with Crippen molar-refractivity contribution < 1.29 is 9.90 Å². The fourth-order valence-electron chi connectivity index (χ4n) is 1.48. The smallest absolute Gasteiger partial charge is 0.251 e. The van der Waals surface area contributed by atoms with Gasteiger partial charge in [0.25, 0.3) is 5.91 Å². The highest BCUT2D eigenvalue weighted by Gasteiger charge is 2.18. The summed E-state index contributed by atoms with van der Waals surface area (Å²) < 4.78 is 0.713. The Morgan fingerprint density at radius 2 is 2.17 bits per heavy atom. The molecule has 100 valence electrons. The molecule has 1 aromatic carbocycles. The van der Waals surface area contributed by atoms with Crippen LogP contribution in [0, 0.1) is 5.41 Å². The standard InChI is InChI=1S/C13H19BrN2O2/c1-13(2,5-6-17)8-16-12(18)9-3-4-11(15)10(14)7-9/h3-4,7,17H,5-6,8,15H2,1-2H3,(H,16,18). The van der Waals surface area contributed by atoms with Gasteiger partial charge in [-0.25, -0.2) is 0 Å². The Bertz CT molecular complexity index is 433. The molecule has 0 heterocycles. The van der Waals surface area contributed by atoms with Crippen molar-refractivity contribution in [1.82, 2.24) is 5.32 Å². The lowest BCUT2D eigenvalue weighted by molar-refractivity contribution is 0.0928. The SMILES string of the molecule is CC(C)(CCO)CNC(=O)c1ccc(N)c(Br)c1. The molecule has 0 radical (unpaired) electrons. The van der Waals surface area contributed by atoms with Crippen LogP contribution >= 0.6 is 15.9 Å².